The first-order valence-corrected chi connectivity index (χ1v) is 10.6. The number of carbonyl (C=O) groups excluding carboxylic acids is 1. The Balaban J connectivity index is 1.38. The average molecular weight is 422 g/mol. The van der Waals surface area contributed by atoms with Gasteiger partial charge in [-0.15, -0.1) is 0 Å². The number of aromatic nitrogens is 2. The Kier molecular flexibility index (Phi) is 6.29. The molecule has 1 aromatic heterocycles. The molecule has 2 aromatic carbocycles. The Morgan fingerprint density at radius 2 is 1.90 bits per heavy atom. The van der Waals surface area contributed by atoms with Crippen molar-refractivity contribution in [3.8, 4) is 11.4 Å². The smallest absolute Gasteiger partial charge is 0.254 e. The van der Waals surface area contributed by atoms with Crippen LogP contribution >= 0.6 is 11.6 Å². The van der Waals surface area contributed by atoms with Gasteiger partial charge in [-0.3, -0.25) is 9.59 Å². The molecule has 0 aliphatic heterocycles. The van der Waals surface area contributed by atoms with Crippen molar-refractivity contribution in [2.24, 2.45) is 5.92 Å². The molecule has 0 saturated carbocycles. The maximum Gasteiger partial charge on any atom is 0.254 e. The van der Waals surface area contributed by atoms with Crippen LogP contribution in [0.1, 0.15) is 29.7 Å². The van der Waals surface area contributed by atoms with Gasteiger partial charge in [0.1, 0.15) is 5.82 Å². The van der Waals surface area contributed by atoms with Gasteiger partial charge >= 0.3 is 0 Å². The Morgan fingerprint density at radius 3 is 2.70 bits per heavy atom. The topological polar surface area (TPSA) is 74.8 Å². The van der Waals surface area contributed by atoms with E-state index in [1.165, 1.54) is 0 Å². The molecule has 6 heteroatoms. The molecule has 1 unspecified atom stereocenters. The van der Waals surface area contributed by atoms with Crippen molar-refractivity contribution in [1.29, 1.82) is 0 Å². The van der Waals surface area contributed by atoms with E-state index in [0.717, 1.165) is 41.6 Å². The lowest BCUT2D eigenvalue weighted by Crippen LogP contribution is -2.30. The number of aryl methyl sites for hydroxylation is 1. The van der Waals surface area contributed by atoms with Crippen molar-refractivity contribution >= 4 is 17.5 Å². The fraction of sp³-hybridized carbons (Fsp3) is 0.292. The molecule has 0 spiro atoms. The summed E-state index contributed by atoms with van der Waals surface area (Å²) in [7, 11) is 0. The maximum atomic E-state index is 12.6. The third kappa shape index (κ3) is 4.97. The van der Waals surface area contributed by atoms with Gasteiger partial charge in [0.2, 0.25) is 5.91 Å². The normalized spacial score (nSPS) is 15.8. The Labute approximate surface area is 180 Å². The summed E-state index contributed by atoms with van der Waals surface area (Å²) >= 11 is 5.99. The van der Waals surface area contributed by atoms with Crippen LogP contribution in [-0.4, -0.2) is 22.4 Å². The van der Waals surface area contributed by atoms with Gasteiger partial charge in [-0.25, -0.2) is 4.98 Å². The standard InChI is InChI=1S/C24H24ClN3O2/c25-19-8-4-5-17(13-19)14-22(29)26-15-16-9-11-20-21(12-10-16)27-23(28-24(20)30)18-6-2-1-3-7-18/h1-8,13,16H,9-12,14-15H2,(H,26,29)(H,27,28,30). The van der Waals surface area contributed by atoms with Crippen LogP contribution in [0.4, 0.5) is 0 Å². The number of aromatic amines is 1. The van der Waals surface area contributed by atoms with Crippen molar-refractivity contribution in [2.75, 3.05) is 6.54 Å². The molecule has 1 amide bonds. The highest BCUT2D eigenvalue weighted by Gasteiger charge is 2.21. The minimum Gasteiger partial charge on any atom is -0.356 e. The highest BCUT2D eigenvalue weighted by atomic mass is 35.5. The van der Waals surface area contributed by atoms with E-state index >= 15 is 0 Å². The number of hydrogen-bond donors (Lipinski definition) is 2. The van der Waals surface area contributed by atoms with E-state index in [1.54, 1.807) is 6.07 Å². The van der Waals surface area contributed by atoms with E-state index < -0.39 is 0 Å². The first-order valence-electron chi connectivity index (χ1n) is 10.3. The van der Waals surface area contributed by atoms with Crippen molar-refractivity contribution in [3.05, 3.63) is 86.8 Å². The van der Waals surface area contributed by atoms with Crippen LogP contribution in [0.3, 0.4) is 0 Å². The zero-order chi connectivity index (χ0) is 20.9. The van der Waals surface area contributed by atoms with E-state index in [9.17, 15) is 9.59 Å². The largest absolute Gasteiger partial charge is 0.356 e. The molecule has 1 heterocycles. The Hall–Kier alpha value is -2.92. The molecule has 30 heavy (non-hydrogen) atoms. The highest BCUT2D eigenvalue weighted by molar-refractivity contribution is 6.30. The van der Waals surface area contributed by atoms with E-state index in [1.807, 2.05) is 48.5 Å². The molecule has 2 N–H and O–H groups in total. The number of benzene rings is 2. The summed E-state index contributed by atoms with van der Waals surface area (Å²) in [5.41, 5.74) is 3.42. The maximum absolute atomic E-state index is 12.6. The summed E-state index contributed by atoms with van der Waals surface area (Å²) in [4.78, 5) is 32.6. The number of carbonyl (C=O) groups is 1. The molecule has 3 aromatic rings. The van der Waals surface area contributed by atoms with Crippen LogP contribution in [0.5, 0.6) is 0 Å². The van der Waals surface area contributed by atoms with Gasteiger partial charge < -0.3 is 10.3 Å². The predicted octanol–water partition coefficient (Wildman–Crippen LogP) is 3.94. The van der Waals surface area contributed by atoms with Crippen molar-refractivity contribution in [3.63, 3.8) is 0 Å². The molecule has 5 nitrogen and oxygen atoms in total. The summed E-state index contributed by atoms with van der Waals surface area (Å²) in [6.07, 6.45) is 3.50. The van der Waals surface area contributed by atoms with E-state index in [-0.39, 0.29) is 11.5 Å². The van der Waals surface area contributed by atoms with Crippen molar-refractivity contribution < 1.29 is 4.79 Å². The number of amides is 1. The summed E-state index contributed by atoms with van der Waals surface area (Å²) in [6.45, 7) is 0.608. The summed E-state index contributed by atoms with van der Waals surface area (Å²) in [5, 5.41) is 3.67. The summed E-state index contributed by atoms with van der Waals surface area (Å²) in [6, 6.07) is 17.1. The number of hydrogen-bond acceptors (Lipinski definition) is 3. The molecule has 154 valence electrons. The van der Waals surface area contributed by atoms with Gasteiger partial charge in [-0.2, -0.15) is 0 Å². The van der Waals surface area contributed by atoms with Gasteiger partial charge in [0.15, 0.2) is 0 Å². The molecule has 0 bridgehead atoms. The second-order valence-electron chi connectivity index (χ2n) is 7.76. The van der Waals surface area contributed by atoms with Gasteiger partial charge in [0.05, 0.1) is 12.1 Å². The molecule has 1 atom stereocenters. The Morgan fingerprint density at radius 1 is 1.10 bits per heavy atom. The van der Waals surface area contributed by atoms with Crippen molar-refractivity contribution in [1.82, 2.24) is 15.3 Å². The fourth-order valence-corrected chi connectivity index (χ4v) is 4.15. The van der Waals surface area contributed by atoms with Crippen LogP contribution in [-0.2, 0) is 24.1 Å². The third-order valence-electron chi connectivity index (χ3n) is 5.58. The second kappa shape index (κ2) is 9.26. The monoisotopic (exact) mass is 421 g/mol. The molecular weight excluding hydrogens is 398 g/mol. The molecule has 1 aliphatic rings. The van der Waals surface area contributed by atoms with E-state index in [2.05, 4.69) is 10.3 Å². The predicted molar refractivity (Wildman–Crippen MR) is 119 cm³/mol. The van der Waals surface area contributed by atoms with Crippen LogP contribution in [0.15, 0.2) is 59.4 Å². The van der Waals surface area contributed by atoms with Crippen LogP contribution in [0, 0.1) is 5.92 Å². The average Bonchev–Trinajstić information content (AvgIpc) is 2.96. The number of fused-ring (bicyclic) bond motifs is 1. The third-order valence-corrected chi connectivity index (χ3v) is 5.82. The molecule has 0 saturated heterocycles. The first-order chi connectivity index (χ1) is 14.6. The minimum absolute atomic E-state index is 0.0126. The zero-order valence-electron chi connectivity index (χ0n) is 16.7. The molecule has 0 fully saturated rings. The van der Waals surface area contributed by atoms with Crippen LogP contribution < -0.4 is 10.9 Å². The van der Waals surface area contributed by atoms with Gasteiger partial charge in [-0.05, 0) is 49.3 Å². The lowest BCUT2D eigenvalue weighted by Gasteiger charge is -2.14. The zero-order valence-corrected chi connectivity index (χ0v) is 17.4. The van der Waals surface area contributed by atoms with Gasteiger partial charge in [0.25, 0.3) is 5.56 Å². The minimum atomic E-state index is -0.0514. The van der Waals surface area contributed by atoms with Crippen molar-refractivity contribution in [2.45, 2.75) is 32.1 Å². The molecule has 4 rings (SSSR count). The number of H-pyrrole nitrogens is 1. The molecule has 1 aliphatic carbocycles. The van der Waals surface area contributed by atoms with Gasteiger partial charge in [-0.1, -0.05) is 54.1 Å². The lowest BCUT2D eigenvalue weighted by atomic mass is 9.99. The summed E-state index contributed by atoms with van der Waals surface area (Å²) < 4.78 is 0. The SMILES string of the molecule is O=C(Cc1cccc(Cl)c1)NCC1CCc2nc(-c3ccccc3)[nH]c(=O)c2CC1. The second-order valence-corrected chi connectivity index (χ2v) is 8.20. The highest BCUT2D eigenvalue weighted by Crippen LogP contribution is 2.23. The van der Waals surface area contributed by atoms with Gasteiger partial charge in [0, 0.05) is 22.7 Å². The van der Waals surface area contributed by atoms with E-state index in [0.29, 0.717) is 36.2 Å². The molecular formula is C24H24ClN3O2. The number of rotatable bonds is 5. The number of nitrogens with zero attached hydrogens (tertiary/aromatic N) is 1. The quantitative estimate of drug-likeness (QED) is 0.612. The lowest BCUT2D eigenvalue weighted by molar-refractivity contribution is -0.120. The first kappa shape index (κ1) is 20.4. The number of nitrogens with one attached hydrogen (secondary N) is 2. The fourth-order valence-electron chi connectivity index (χ4n) is 3.93. The molecule has 0 radical (unpaired) electrons. The Bertz CT molecular complexity index is 1100. The summed E-state index contributed by atoms with van der Waals surface area (Å²) in [5.74, 6) is 0.927. The van der Waals surface area contributed by atoms with E-state index in [4.69, 9.17) is 16.6 Å². The van der Waals surface area contributed by atoms with Crippen LogP contribution in [0.25, 0.3) is 11.4 Å². The number of halogens is 1. The van der Waals surface area contributed by atoms with Crippen LogP contribution in [0.2, 0.25) is 5.02 Å².